The fourth-order valence-corrected chi connectivity index (χ4v) is 5.26. The minimum atomic E-state index is -0.157. The van der Waals surface area contributed by atoms with Crippen LogP contribution in [-0.2, 0) is 16.0 Å². The summed E-state index contributed by atoms with van der Waals surface area (Å²) in [7, 11) is 0. The summed E-state index contributed by atoms with van der Waals surface area (Å²) in [6, 6.07) is 10.3. The number of amides is 2. The fourth-order valence-electron chi connectivity index (χ4n) is 5.26. The first-order valence-corrected chi connectivity index (χ1v) is 12.4. The van der Waals surface area contributed by atoms with Gasteiger partial charge in [0.15, 0.2) is 0 Å². The summed E-state index contributed by atoms with van der Waals surface area (Å²) in [5.74, 6) is 1.00. The van der Waals surface area contributed by atoms with E-state index in [2.05, 4.69) is 5.32 Å². The fraction of sp³-hybridized carbons (Fsp3) is 0.556. The summed E-state index contributed by atoms with van der Waals surface area (Å²) in [6.07, 6.45) is 6.82. The number of nitrogens with one attached hydrogen (secondary N) is 1. The van der Waals surface area contributed by atoms with Crippen molar-refractivity contribution in [1.29, 1.82) is 0 Å². The predicted molar refractivity (Wildman–Crippen MR) is 129 cm³/mol. The molecule has 1 N–H and O–H groups in total. The number of rotatable bonds is 6. The summed E-state index contributed by atoms with van der Waals surface area (Å²) in [6.45, 7) is 7.36. The molecule has 1 saturated heterocycles. The topological polar surface area (TPSA) is 75.2 Å². The summed E-state index contributed by atoms with van der Waals surface area (Å²) in [4.78, 5) is 37.3. The lowest BCUT2D eigenvalue weighted by atomic mass is 9.93. The van der Waals surface area contributed by atoms with E-state index in [1.807, 2.05) is 56.0 Å². The van der Waals surface area contributed by atoms with Gasteiger partial charge in [-0.05, 0) is 52.0 Å². The number of hydrogen-bond donors (Lipinski definition) is 1. The van der Waals surface area contributed by atoms with Gasteiger partial charge >= 0.3 is 0 Å². The van der Waals surface area contributed by atoms with Crippen molar-refractivity contribution in [3.05, 3.63) is 58.7 Å². The molecule has 1 aliphatic heterocycles. The molecule has 2 amide bonds. The minimum absolute atomic E-state index is 0.0637. The average Bonchev–Trinajstić information content (AvgIpc) is 3.34. The largest absolute Gasteiger partial charge is 0.353 e. The van der Waals surface area contributed by atoms with Crippen molar-refractivity contribution < 1.29 is 9.59 Å². The number of likely N-dealkylation sites (tertiary alicyclic amines) is 1. The second kappa shape index (κ2) is 10.4. The Morgan fingerprint density at radius 3 is 2.36 bits per heavy atom. The smallest absolute Gasteiger partial charge is 0.229 e. The van der Waals surface area contributed by atoms with Crippen LogP contribution in [0.3, 0.4) is 0 Å². The van der Waals surface area contributed by atoms with Gasteiger partial charge in [-0.2, -0.15) is 0 Å². The molecule has 0 radical (unpaired) electrons. The normalized spacial score (nSPS) is 20.0. The number of carbonyl (C=O) groups excluding carboxylic acids is 2. The highest BCUT2D eigenvalue weighted by Crippen LogP contribution is 2.28. The summed E-state index contributed by atoms with van der Waals surface area (Å²) in [5, 5.41) is 3.16. The maximum atomic E-state index is 13.2. The first-order chi connectivity index (χ1) is 15.9. The molecule has 6 nitrogen and oxygen atoms in total. The molecule has 6 heteroatoms. The maximum absolute atomic E-state index is 13.2. The number of carbonyl (C=O) groups is 2. The molecule has 2 heterocycles. The van der Waals surface area contributed by atoms with Crippen LogP contribution in [0.4, 0.5) is 0 Å². The Kier molecular flexibility index (Phi) is 7.41. The van der Waals surface area contributed by atoms with Crippen molar-refractivity contribution in [1.82, 2.24) is 20.2 Å². The van der Waals surface area contributed by atoms with Crippen LogP contribution in [0.1, 0.15) is 85.6 Å². The molecule has 0 unspecified atom stereocenters. The van der Waals surface area contributed by atoms with Crippen LogP contribution in [0.15, 0.2) is 30.3 Å². The second-order valence-corrected chi connectivity index (χ2v) is 9.71. The quantitative estimate of drug-likeness (QED) is 0.719. The molecule has 2 fully saturated rings. The SMILES string of the molecule is Cc1nc([C@H]2CCCN(C(=O)[C@H](C)c3ccccc3)C2)nc(C)c1CC(=O)NC1CCCC1. The van der Waals surface area contributed by atoms with Crippen LogP contribution >= 0.6 is 0 Å². The van der Waals surface area contributed by atoms with Crippen molar-refractivity contribution in [3.8, 4) is 0 Å². The molecule has 2 aliphatic rings. The van der Waals surface area contributed by atoms with Gasteiger partial charge in [0.1, 0.15) is 5.82 Å². The molecule has 33 heavy (non-hydrogen) atoms. The zero-order chi connectivity index (χ0) is 23.4. The predicted octanol–water partition coefficient (Wildman–Crippen LogP) is 4.20. The van der Waals surface area contributed by atoms with Gasteiger partial charge < -0.3 is 10.2 Å². The van der Waals surface area contributed by atoms with E-state index < -0.39 is 0 Å². The lowest BCUT2D eigenvalue weighted by Crippen LogP contribution is -2.41. The molecule has 176 valence electrons. The van der Waals surface area contributed by atoms with Gasteiger partial charge in [-0.25, -0.2) is 9.97 Å². The molecular weight excluding hydrogens is 412 g/mol. The minimum Gasteiger partial charge on any atom is -0.353 e. The van der Waals surface area contributed by atoms with E-state index in [0.29, 0.717) is 19.0 Å². The van der Waals surface area contributed by atoms with E-state index in [1.165, 1.54) is 12.8 Å². The molecule has 1 aromatic heterocycles. The van der Waals surface area contributed by atoms with Crippen molar-refractivity contribution in [2.75, 3.05) is 13.1 Å². The highest BCUT2D eigenvalue weighted by atomic mass is 16.2. The Morgan fingerprint density at radius 1 is 1.03 bits per heavy atom. The van der Waals surface area contributed by atoms with E-state index in [1.54, 1.807) is 0 Å². The summed E-state index contributed by atoms with van der Waals surface area (Å²) >= 11 is 0. The van der Waals surface area contributed by atoms with Crippen LogP contribution < -0.4 is 5.32 Å². The Labute approximate surface area is 197 Å². The molecule has 1 aromatic carbocycles. The Balaban J connectivity index is 1.42. The third kappa shape index (κ3) is 5.60. The van der Waals surface area contributed by atoms with E-state index in [9.17, 15) is 9.59 Å². The Hall–Kier alpha value is -2.76. The van der Waals surface area contributed by atoms with Crippen LogP contribution in [0.5, 0.6) is 0 Å². The molecule has 0 spiro atoms. The molecule has 1 aliphatic carbocycles. The Bertz CT molecular complexity index is 962. The molecule has 2 aromatic rings. The zero-order valence-corrected chi connectivity index (χ0v) is 20.1. The van der Waals surface area contributed by atoms with Crippen molar-refractivity contribution in [3.63, 3.8) is 0 Å². The Morgan fingerprint density at radius 2 is 1.70 bits per heavy atom. The van der Waals surface area contributed by atoms with Crippen molar-refractivity contribution in [2.45, 2.75) is 83.6 Å². The van der Waals surface area contributed by atoms with Gasteiger partial charge in [0.05, 0.1) is 12.3 Å². The average molecular weight is 449 g/mol. The number of hydrogen-bond acceptors (Lipinski definition) is 4. The van der Waals surface area contributed by atoms with Crippen LogP contribution in [-0.4, -0.2) is 45.8 Å². The lowest BCUT2D eigenvalue weighted by Gasteiger charge is -2.34. The highest BCUT2D eigenvalue weighted by molar-refractivity contribution is 5.83. The molecule has 0 bridgehead atoms. The van der Waals surface area contributed by atoms with Crippen LogP contribution in [0.25, 0.3) is 0 Å². The third-order valence-corrected chi connectivity index (χ3v) is 7.26. The van der Waals surface area contributed by atoms with Gasteiger partial charge in [0.2, 0.25) is 11.8 Å². The number of piperidine rings is 1. The first-order valence-electron chi connectivity index (χ1n) is 12.4. The maximum Gasteiger partial charge on any atom is 0.229 e. The zero-order valence-electron chi connectivity index (χ0n) is 20.1. The standard InChI is InChI=1S/C27H36N4O2/c1-18(21-10-5-4-6-11-21)27(33)31-15-9-12-22(17-31)26-28-19(2)24(20(3)29-26)16-25(32)30-23-13-7-8-14-23/h4-6,10-11,18,22-23H,7-9,12-17H2,1-3H3,(H,30,32)/t18-,22+/m1/s1. The third-order valence-electron chi connectivity index (χ3n) is 7.26. The van der Waals surface area contributed by atoms with Gasteiger partial charge in [-0.1, -0.05) is 43.2 Å². The summed E-state index contributed by atoms with van der Waals surface area (Å²) in [5.41, 5.74) is 3.73. The monoisotopic (exact) mass is 448 g/mol. The van der Waals surface area contributed by atoms with Gasteiger partial charge in [0, 0.05) is 42.0 Å². The van der Waals surface area contributed by atoms with E-state index in [0.717, 1.165) is 60.6 Å². The van der Waals surface area contributed by atoms with Crippen LogP contribution in [0, 0.1) is 13.8 Å². The van der Waals surface area contributed by atoms with E-state index >= 15 is 0 Å². The number of aryl methyl sites for hydroxylation is 2. The van der Waals surface area contributed by atoms with Gasteiger partial charge in [-0.3, -0.25) is 9.59 Å². The van der Waals surface area contributed by atoms with Crippen LogP contribution in [0.2, 0.25) is 0 Å². The van der Waals surface area contributed by atoms with E-state index in [4.69, 9.17) is 9.97 Å². The first kappa shape index (κ1) is 23.4. The molecule has 1 saturated carbocycles. The lowest BCUT2D eigenvalue weighted by molar-refractivity contribution is -0.133. The molecule has 4 rings (SSSR count). The van der Waals surface area contributed by atoms with Gasteiger partial charge in [-0.15, -0.1) is 0 Å². The second-order valence-electron chi connectivity index (χ2n) is 9.71. The van der Waals surface area contributed by atoms with Crippen molar-refractivity contribution in [2.24, 2.45) is 0 Å². The van der Waals surface area contributed by atoms with E-state index in [-0.39, 0.29) is 23.7 Å². The number of aromatic nitrogens is 2. The molecule has 2 atom stereocenters. The van der Waals surface area contributed by atoms with Crippen molar-refractivity contribution >= 4 is 11.8 Å². The number of benzene rings is 1. The molecular formula is C27H36N4O2. The number of nitrogens with zero attached hydrogens (tertiary/aromatic N) is 3. The van der Waals surface area contributed by atoms with Gasteiger partial charge in [0.25, 0.3) is 0 Å². The summed E-state index contributed by atoms with van der Waals surface area (Å²) < 4.78 is 0. The highest BCUT2D eigenvalue weighted by Gasteiger charge is 2.30.